The van der Waals surface area contributed by atoms with E-state index in [1.54, 1.807) is 6.07 Å². The Bertz CT molecular complexity index is 848. The Morgan fingerprint density at radius 3 is 3.05 bits per heavy atom. The van der Waals surface area contributed by atoms with Crippen molar-refractivity contribution in [2.45, 2.75) is 25.3 Å². The number of hydrogen-bond acceptors (Lipinski definition) is 3. The van der Waals surface area contributed by atoms with Crippen LogP contribution >= 0.6 is 0 Å². The zero-order chi connectivity index (χ0) is 15.3. The molecule has 0 radical (unpaired) electrons. The Labute approximate surface area is 127 Å². The molecule has 1 N–H and O–H groups in total. The van der Waals surface area contributed by atoms with Gasteiger partial charge in [-0.1, -0.05) is 0 Å². The number of nitrogens with one attached hydrogen (secondary N) is 1. The molecule has 22 heavy (non-hydrogen) atoms. The summed E-state index contributed by atoms with van der Waals surface area (Å²) >= 11 is 0. The number of hydrogen-bond donors (Lipinski definition) is 1. The lowest BCUT2D eigenvalue weighted by atomic mass is 9.93. The summed E-state index contributed by atoms with van der Waals surface area (Å²) in [4.78, 5) is 4.59. The molecule has 5 nitrogen and oxygen atoms in total. The van der Waals surface area contributed by atoms with Gasteiger partial charge in [0.2, 0.25) is 5.95 Å². The number of fused-ring (bicyclic) bond motifs is 2. The minimum Gasteiger partial charge on any atom is -0.349 e. The van der Waals surface area contributed by atoms with Crippen molar-refractivity contribution in [3.8, 4) is 0 Å². The summed E-state index contributed by atoms with van der Waals surface area (Å²) in [5.74, 6) is 0.525. The summed E-state index contributed by atoms with van der Waals surface area (Å²) in [6.07, 6.45) is 5.19. The molecular formula is C16H18FN5. The maximum absolute atomic E-state index is 13.4. The number of benzene rings is 1. The second-order valence-corrected chi connectivity index (χ2v) is 5.89. The first-order valence-corrected chi connectivity index (χ1v) is 7.53. The largest absolute Gasteiger partial charge is 0.349 e. The van der Waals surface area contributed by atoms with E-state index in [1.807, 2.05) is 29.5 Å². The molecule has 0 spiro atoms. The van der Waals surface area contributed by atoms with Crippen LogP contribution in [-0.4, -0.2) is 19.3 Å². The molecule has 1 unspecified atom stereocenters. The Balaban J connectivity index is 1.71. The molecular weight excluding hydrogens is 281 g/mol. The van der Waals surface area contributed by atoms with E-state index in [-0.39, 0.29) is 11.9 Å². The predicted molar refractivity (Wildman–Crippen MR) is 83.2 cm³/mol. The van der Waals surface area contributed by atoms with Gasteiger partial charge in [0.25, 0.3) is 0 Å². The van der Waals surface area contributed by atoms with Crippen molar-refractivity contribution < 1.29 is 4.39 Å². The molecule has 0 saturated heterocycles. The molecule has 0 bridgehead atoms. The molecule has 6 heteroatoms. The van der Waals surface area contributed by atoms with Crippen molar-refractivity contribution >= 4 is 17.0 Å². The zero-order valence-electron chi connectivity index (χ0n) is 12.7. The fourth-order valence-electron chi connectivity index (χ4n) is 3.30. The smallest absolute Gasteiger partial charge is 0.204 e. The van der Waals surface area contributed by atoms with Gasteiger partial charge in [-0.2, -0.15) is 5.10 Å². The van der Waals surface area contributed by atoms with Gasteiger partial charge in [-0.15, -0.1) is 0 Å². The summed E-state index contributed by atoms with van der Waals surface area (Å²) in [5, 5.41) is 7.87. The molecule has 2 aromatic heterocycles. The third kappa shape index (κ3) is 1.98. The quantitative estimate of drug-likeness (QED) is 0.791. The lowest BCUT2D eigenvalue weighted by Crippen LogP contribution is -2.19. The molecule has 0 fully saturated rings. The van der Waals surface area contributed by atoms with Crippen molar-refractivity contribution in [3.63, 3.8) is 0 Å². The van der Waals surface area contributed by atoms with Crippen LogP contribution in [0.2, 0.25) is 0 Å². The highest BCUT2D eigenvalue weighted by Gasteiger charge is 2.24. The number of aryl methyl sites for hydroxylation is 2. The topological polar surface area (TPSA) is 47.7 Å². The van der Waals surface area contributed by atoms with Crippen LogP contribution in [0.5, 0.6) is 0 Å². The average Bonchev–Trinajstić information content (AvgIpc) is 3.03. The van der Waals surface area contributed by atoms with Crippen LogP contribution in [0.15, 0.2) is 24.4 Å². The highest BCUT2D eigenvalue weighted by Crippen LogP contribution is 2.32. The molecule has 1 atom stereocenters. The van der Waals surface area contributed by atoms with Gasteiger partial charge in [0.15, 0.2) is 0 Å². The molecule has 1 aliphatic carbocycles. The third-order valence-corrected chi connectivity index (χ3v) is 4.52. The zero-order valence-corrected chi connectivity index (χ0v) is 12.7. The Hall–Kier alpha value is -2.37. The third-order valence-electron chi connectivity index (χ3n) is 4.52. The molecule has 0 saturated carbocycles. The Morgan fingerprint density at radius 2 is 2.18 bits per heavy atom. The summed E-state index contributed by atoms with van der Waals surface area (Å²) < 4.78 is 17.3. The van der Waals surface area contributed by atoms with Crippen molar-refractivity contribution in [3.05, 3.63) is 41.5 Å². The predicted octanol–water partition coefficient (Wildman–Crippen LogP) is 2.94. The van der Waals surface area contributed by atoms with E-state index >= 15 is 0 Å². The molecule has 0 amide bonds. The van der Waals surface area contributed by atoms with Crippen LogP contribution in [0.4, 0.5) is 10.3 Å². The molecule has 114 valence electrons. The van der Waals surface area contributed by atoms with Gasteiger partial charge in [0.1, 0.15) is 5.82 Å². The van der Waals surface area contributed by atoms with Gasteiger partial charge in [0, 0.05) is 25.4 Å². The first kappa shape index (κ1) is 13.3. The number of anilines is 1. The van der Waals surface area contributed by atoms with Crippen molar-refractivity contribution in [1.82, 2.24) is 19.3 Å². The van der Waals surface area contributed by atoms with Gasteiger partial charge in [0.05, 0.1) is 23.3 Å². The summed E-state index contributed by atoms with van der Waals surface area (Å²) in [6, 6.07) is 4.88. The minimum absolute atomic E-state index is 0.206. The lowest BCUT2D eigenvalue weighted by Gasteiger charge is -2.24. The fourth-order valence-corrected chi connectivity index (χ4v) is 3.30. The number of aromatic nitrogens is 4. The second-order valence-electron chi connectivity index (χ2n) is 5.89. The van der Waals surface area contributed by atoms with Crippen LogP contribution in [0, 0.1) is 5.82 Å². The van der Waals surface area contributed by atoms with Crippen LogP contribution < -0.4 is 5.32 Å². The standard InChI is InChI=1S/C16H18FN5/c1-21-15-8-10(17)6-7-13(15)20-16(21)19-12-4-3-5-14-11(12)9-18-22(14)2/h6-9,12H,3-5H2,1-2H3,(H,19,20). The molecule has 2 heterocycles. The van der Waals surface area contributed by atoms with Gasteiger partial charge < -0.3 is 9.88 Å². The van der Waals surface area contributed by atoms with Gasteiger partial charge in [-0.05, 0) is 37.5 Å². The van der Waals surface area contributed by atoms with Gasteiger partial charge in [-0.3, -0.25) is 4.68 Å². The molecule has 1 aliphatic rings. The average molecular weight is 299 g/mol. The van der Waals surface area contributed by atoms with Crippen LogP contribution in [0.25, 0.3) is 11.0 Å². The second kappa shape index (κ2) is 4.83. The maximum atomic E-state index is 13.4. The number of imidazole rings is 1. The molecule has 4 rings (SSSR count). The number of rotatable bonds is 2. The van der Waals surface area contributed by atoms with Crippen LogP contribution in [0.1, 0.15) is 30.1 Å². The Morgan fingerprint density at radius 1 is 1.32 bits per heavy atom. The lowest BCUT2D eigenvalue weighted by molar-refractivity contribution is 0.567. The van der Waals surface area contributed by atoms with Crippen LogP contribution in [0.3, 0.4) is 0 Å². The van der Waals surface area contributed by atoms with E-state index in [0.717, 1.165) is 36.2 Å². The highest BCUT2D eigenvalue weighted by molar-refractivity contribution is 5.78. The first-order valence-electron chi connectivity index (χ1n) is 7.53. The highest BCUT2D eigenvalue weighted by atomic mass is 19.1. The van der Waals surface area contributed by atoms with Crippen LogP contribution in [-0.2, 0) is 20.5 Å². The van der Waals surface area contributed by atoms with E-state index in [2.05, 4.69) is 15.4 Å². The summed E-state index contributed by atoms with van der Waals surface area (Å²) in [6.45, 7) is 0. The Kier molecular flexibility index (Phi) is 2.92. The van der Waals surface area contributed by atoms with E-state index < -0.39 is 0 Å². The normalized spacial score (nSPS) is 17.7. The van der Waals surface area contributed by atoms with E-state index in [1.165, 1.54) is 23.4 Å². The monoisotopic (exact) mass is 299 g/mol. The molecule has 0 aliphatic heterocycles. The van der Waals surface area contributed by atoms with Gasteiger partial charge in [-0.25, -0.2) is 9.37 Å². The fraction of sp³-hybridized carbons (Fsp3) is 0.375. The number of nitrogens with zero attached hydrogens (tertiary/aromatic N) is 4. The maximum Gasteiger partial charge on any atom is 0.204 e. The first-order chi connectivity index (χ1) is 10.6. The van der Waals surface area contributed by atoms with Gasteiger partial charge >= 0.3 is 0 Å². The van der Waals surface area contributed by atoms with E-state index in [9.17, 15) is 4.39 Å². The SMILES string of the molecule is Cn1ncc2c1CCCC2Nc1nc2ccc(F)cc2n1C. The summed E-state index contributed by atoms with van der Waals surface area (Å²) in [5.41, 5.74) is 4.12. The number of halogens is 1. The summed E-state index contributed by atoms with van der Waals surface area (Å²) in [7, 11) is 3.89. The van der Waals surface area contributed by atoms with Crippen molar-refractivity contribution in [2.75, 3.05) is 5.32 Å². The molecule has 3 aromatic rings. The minimum atomic E-state index is -0.241. The van der Waals surface area contributed by atoms with Crippen molar-refractivity contribution in [2.24, 2.45) is 14.1 Å². The molecule has 1 aromatic carbocycles. The van der Waals surface area contributed by atoms with E-state index in [4.69, 9.17) is 0 Å². The van der Waals surface area contributed by atoms with Crippen molar-refractivity contribution in [1.29, 1.82) is 0 Å². The van der Waals surface area contributed by atoms with E-state index in [0.29, 0.717) is 0 Å².